The van der Waals surface area contributed by atoms with Gasteiger partial charge in [-0.3, -0.25) is 4.79 Å². The van der Waals surface area contributed by atoms with E-state index in [4.69, 9.17) is 0 Å². The molecule has 4 nitrogen and oxygen atoms in total. The second kappa shape index (κ2) is 6.72. The summed E-state index contributed by atoms with van der Waals surface area (Å²) in [6.45, 7) is 5.45. The minimum Gasteiger partial charge on any atom is -0.272 e. The third-order valence-electron chi connectivity index (χ3n) is 2.78. The topological polar surface area (TPSA) is 54.5 Å². The number of halogens is 1. The highest BCUT2D eigenvalue weighted by Crippen LogP contribution is 2.25. The summed E-state index contributed by atoms with van der Waals surface area (Å²) in [5, 5.41) is 0. The molecule has 0 aromatic heterocycles. The summed E-state index contributed by atoms with van der Waals surface area (Å²) in [5.74, 6) is -0.449. The van der Waals surface area contributed by atoms with E-state index in [1.807, 2.05) is 6.92 Å². The van der Waals surface area contributed by atoms with E-state index in [9.17, 15) is 13.2 Å². The lowest BCUT2D eigenvalue weighted by Gasteiger charge is -2.27. The summed E-state index contributed by atoms with van der Waals surface area (Å²) in [4.78, 5) is 12.5. The summed E-state index contributed by atoms with van der Waals surface area (Å²) in [6.07, 6.45) is 1.46. The maximum atomic E-state index is 12.6. The lowest BCUT2D eigenvalue weighted by molar-refractivity contribution is -0.128. The Morgan fingerprint density at radius 3 is 2.25 bits per heavy atom. The highest BCUT2D eigenvalue weighted by Gasteiger charge is 2.36. The molecule has 1 aromatic rings. The maximum Gasteiger partial charge on any atom is 0.266 e. The number of unbranched alkanes of at least 4 members (excludes halogenated alkanes) is 1. The molecule has 0 aliphatic carbocycles. The van der Waals surface area contributed by atoms with E-state index >= 15 is 0 Å². The monoisotopic (exact) mass is 361 g/mol. The van der Waals surface area contributed by atoms with E-state index in [2.05, 4.69) is 15.9 Å². The van der Waals surface area contributed by atoms with Gasteiger partial charge in [0.15, 0.2) is 0 Å². The van der Waals surface area contributed by atoms with Crippen LogP contribution in [0.2, 0.25) is 0 Å². The lowest BCUT2D eigenvalue weighted by Crippen LogP contribution is -2.45. The van der Waals surface area contributed by atoms with E-state index in [0.29, 0.717) is 6.42 Å². The smallest absolute Gasteiger partial charge is 0.266 e. The molecule has 0 aliphatic rings. The number of carbonyl (C=O) groups is 1. The molecule has 1 amide bonds. The molecule has 0 unspecified atom stereocenters. The van der Waals surface area contributed by atoms with Crippen molar-refractivity contribution in [2.45, 2.75) is 42.8 Å². The van der Waals surface area contributed by atoms with Gasteiger partial charge in [0.05, 0.1) is 9.22 Å². The first kappa shape index (κ1) is 17.2. The number of amides is 1. The van der Waals surface area contributed by atoms with Gasteiger partial charge in [0, 0.05) is 6.54 Å². The Kier molecular flexibility index (Phi) is 5.77. The summed E-state index contributed by atoms with van der Waals surface area (Å²) in [6, 6.07) is 8.04. The zero-order chi connectivity index (χ0) is 15.4. The minimum absolute atomic E-state index is 0.140. The SMILES string of the molecule is CCCCN(C(=O)C(C)(C)Br)S(=O)(=O)c1ccccc1. The number of sulfonamides is 1. The summed E-state index contributed by atoms with van der Waals surface area (Å²) < 4.78 is 25.3. The van der Waals surface area contributed by atoms with E-state index < -0.39 is 20.3 Å². The number of carbonyl (C=O) groups excluding carboxylic acids is 1. The van der Waals surface area contributed by atoms with Gasteiger partial charge in [0.1, 0.15) is 0 Å². The Hall–Kier alpha value is -0.880. The van der Waals surface area contributed by atoms with Gasteiger partial charge in [-0.05, 0) is 32.4 Å². The molecule has 0 saturated carbocycles. The van der Waals surface area contributed by atoms with Gasteiger partial charge in [-0.25, -0.2) is 12.7 Å². The van der Waals surface area contributed by atoms with Crippen molar-refractivity contribution in [1.29, 1.82) is 0 Å². The Bertz CT molecular complexity index is 550. The Morgan fingerprint density at radius 2 is 1.80 bits per heavy atom. The number of hydrogen-bond donors (Lipinski definition) is 0. The fourth-order valence-corrected chi connectivity index (χ4v) is 3.55. The van der Waals surface area contributed by atoms with Gasteiger partial charge >= 0.3 is 0 Å². The van der Waals surface area contributed by atoms with Crippen LogP contribution in [0.1, 0.15) is 33.6 Å². The van der Waals surface area contributed by atoms with E-state index in [1.165, 1.54) is 12.1 Å². The molecule has 0 fully saturated rings. The van der Waals surface area contributed by atoms with Crippen molar-refractivity contribution < 1.29 is 13.2 Å². The van der Waals surface area contributed by atoms with Gasteiger partial charge in [-0.15, -0.1) is 0 Å². The van der Waals surface area contributed by atoms with E-state index in [1.54, 1.807) is 32.0 Å². The Morgan fingerprint density at radius 1 is 1.25 bits per heavy atom. The minimum atomic E-state index is -3.80. The van der Waals surface area contributed by atoms with Crippen molar-refractivity contribution in [2.24, 2.45) is 0 Å². The average molecular weight is 362 g/mol. The van der Waals surface area contributed by atoms with Crippen molar-refractivity contribution in [3.8, 4) is 0 Å². The quantitative estimate of drug-likeness (QED) is 0.731. The predicted octanol–water partition coefficient (Wildman–Crippen LogP) is 3.18. The molecular weight excluding hydrogens is 342 g/mol. The van der Waals surface area contributed by atoms with Crippen LogP contribution in [0, 0.1) is 0 Å². The van der Waals surface area contributed by atoms with Crippen LogP contribution in [-0.4, -0.2) is 29.5 Å². The van der Waals surface area contributed by atoms with Crippen LogP contribution in [0.4, 0.5) is 0 Å². The van der Waals surface area contributed by atoms with Crippen LogP contribution in [0.3, 0.4) is 0 Å². The third kappa shape index (κ3) is 4.06. The molecule has 0 spiro atoms. The van der Waals surface area contributed by atoms with Gasteiger partial charge in [-0.1, -0.05) is 47.5 Å². The highest BCUT2D eigenvalue weighted by atomic mass is 79.9. The molecule has 0 atom stereocenters. The van der Waals surface area contributed by atoms with Crippen molar-refractivity contribution in [2.75, 3.05) is 6.54 Å². The summed E-state index contributed by atoms with van der Waals surface area (Å²) in [7, 11) is -3.80. The van der Waals surface area contributed by atoms with Crippen molar-refractivity contribution in [3.63, 3.8) is 0 Å². The molecule has 0 bridgehead atoms. The second-order valence-electron chi connectivity index (χ2n) is 5.02. The molecule has 0 radical (unpaired) electrons. The summed E-state index contributed by atoms with van der Waals surface area (Å²) >= 11 is 3.25. The van der Waals surface area contributed by atoms with Crippen LogP contribution in [0.5, 0.6) is 0 Å². The number of benzene rings is 1. The molecule has 1 rings (SSSR count). The first-order chi connectivity index (χ1) is 9.21. The normalized spacial score (nSPS) is 12.2. The Balaban J connectivity index is 3.20. The number of nitrogens with zero attached hydrogens (tertiary/aromatic N) is 1. The van der Waals surface area contributed by atoms with E-state index in [-0.39, 0.29) is 11.4 Å². The molecule has 0 saturated heterocycles. The van der Waals surface area contributed by atoms with Crippen LogP contribution >= 0.6 is 15.9 Å². The Labute approximate surface area is 129 Å². The van der Waals surface area contributed by atoms with Crippen molar-refractivity contribution >= 4 is 31.9 Å². The van der Waals surface area contributed by atoms with Gasteiger partial charge in [0.25, 0.3) is 15.9 Å². The highest BCUT2D eigenvalue weighted by molar-refractivity contribution is 9.10. The lowest BCUT2D eigenvalue weighted by atomic mass is 10.2. The number of hydrogen-bond acceptors (Lipinski definition) is 3. The molecule has 0 N–H and O–H groups in total. The summed E-state index contributed by atoms with van der Waals surface area (Å²) in [5.41, 5.74) is 0. The molecular formula is C14H20BrNO3S. The fourth-order valence-electron chi connectivity index (χ4n) is 1.65. The standard InChI is InChI=1S/C14H20BrNO3S/c1-4-5-11-16(13(17)14(2,3)15)20(18,19)12-9-7-6-8-10-12/h6-10H,4-5,11H2,1-3H3. The van der Waals surface area contributed by atoms with Crippen LogP contribution in [-0.2, 0) is 14.8 Å². The molecule has 1 aromatic carbocycles. The predicted molar refractivity (Wildman–Crippen MR) is 83.3 cm³/mol. The third-order valence-corrected chi connectivity index (χ3v) is 4.92. The van der Waals surface area contributed by atoms with Crippen molar-refractivity contribution in [3.05, 3.63) is 30.3 Å². The molecule has 0 aliphatic heterocycles. The van der Waals surface area contributed by atoms with Crippen molar-refractivity contribution in [1.82, 2.24) is 4.31 Å². The van der Waals surface area contributed by atoms with Gasteiger partial charge in [0.2, 0.25) is 0 Å². The second-order valence-corrected chi connectivity index (χ2v) is 8.87. The largest absolute Gasteiger partial charge is 0.272 e. The molecule has 0 heterocycles. The molecule has 6 heteroatoms. The van der Waals surface area contributed by atoms with E-state index in [0.717, 1.165) is 10.7 Å². The van der Waals surface area contributed by atoms with Crippen LogP contribution in [0.15, 0.2) is 35.2 Å². The van der Waals surface area contributed by atoms with Crippen LogP contribution in [0.25, 0.3) is 0 Å². The first-order valence-electron chi connectivity index (χ1n) is 6.52. The average Bonchev–Trinajstić information content (AvgIpc) is 2.38. The maximum absolute atomic E-state index is 12.6. The van der Waals surface area contributed by atoms with Gasteiger partial charge in [-0.2, -0.15) is 0 Å². The van der Waals surface area contributed by atoms with Gasteiger partial charge < -0.3 is 0 Å². The number of alkyl halides is 1. The zero-order valence-electron chi connectivity index (χ0n) is 12.0. The molecule has 112 valence electrons. The fraction of sp³-hybridized carbons (Fsp3) is 0.500. The molecule has 20 heavy (non-hydrogen) atoms. The van der Waals surface area contributed by atoms with Crippen LogP contribution < -0.4 is 0 Å². The number of rotatable bonds is 6. The first-order valence-corrected chi connectivity index (χ1v) is 8.75. The zero-order valence-corrected chi connectivity index (χ0v) is 14.4.